The highest BCUT2D eigenvalue weighted by Gasteiger charge is 2.31. The van der Waals surface area contributed by atoms with Crippen molar-refractivity contribution in [2.24, 2.45) is 0 Å². The van der Waals surface area contributed by atoms with Gasteiger partial charge < -0.3 is 20.4 Å². The summed E-state index contributed by atoms with van der Waals surface area (Å²) in [5, 5.41) is 18.4. The third kappa shape index (κ3) is 3.81. The lowest BCUT2D eigenvalue weighted by atomic mass is 9.90. The first-order valence-corrected chi connectivity index (χ1v) is 9.18. The summed E-state index contributed by atoms with van der Waals surface area (Å²) in [6.45, 7) is -0.0330. The lowest BCUT2D eigenvalue weighted by Crippen LogP contribution is -2.50. The van der Waals surface area contributed by atoms with E-state index >= 15 is 0 Å². The summed E-state index contributed by atoms with van der Waals surface area (Å²) >= 11 is 0. The van der Waals surface area contributed by atoms with Crippen LogP contribution in [0.5, 0.6) is 0 Å². The number of amides is 1. The maximum atomic E-state index is 12.6. The molecular weight excluding hydrogens is 346 g/mol. The molecule has 2 aromatic rings. The van der Waals surface area contributed by atoms with E-state index in [1.165, 1.54) is 0 Å². The molecule has 8 heteroatoms. The molecule has 142 valence electrons. The normalized spacial score (nSPS) is 22.3. The summed E-state index contributed by atoms with van der Waals surface area (Å²) in [5.74, 6) is 0.351. The fourth-order valence-corrected chi connectivity index (χ4v) is 3.68. The molecule has 4 rings (SSSR count). The Morgan fingerprint density at radius 1 is 1.33 bits per heavy atom. The highest BCUT2D eigenvalue weighted by molar-refractivity contribution is 5.93. The van der Waals surface area contributed by atoms with Crippen LogP contribution in [0, 0.1) is 0 Å². The third-order valence-corrected chi connectivity index (χ3v) is 5.04. The molecule has 0 spiro atoms. The predicted octanol–water partition coefficient (Wildman–Crippen LogP) is 1.54. The molecule has 1 amide bonds. The maximum absolute atomic E-state index is 12.6. The van der Waals surface area contributed by atoms with Crippen LogP contribution in [0.3, 0.4) is 0 Å². The molecule has 0 bridgehead atoms. The molecule has 27 heavy (non-hydrogen) atoms. The standard InChI is InChI=1S/C19H23N5O3/c25-12-16-11-20-23-24(16)15-8-4-7-14(9-15)21-19(26)17-10-18(27-22-17)13-5-2-1-3-6-13/h1-3,5-6,10-11,14-15,20,23,25H,4,7-9,12H2,(H,21,26). The molecule has 1 aliphatic carbocycles. The Labute approximate surface area is 157 Å². The second-order valence-electron chi connectivity index (χ2n) is 6.85. The van der Waals surface area contributed by atoms with Gasteiger partial charge in [0.2, 0.25) is 0 Å². The summed E-state index contributed by atoms with van der Waals surface area (Å²) in [5.41, 5.74) is 7.93. The number of carbonyl (C=O) groups is 1. The number of aliphatic hydroxyl groups is 1. The van der Waals surface area contributed by atoms with Gasteiger partial charge in [-0.1, -0.05) is 35.5 Å². The van der Waals surface area contributed by atoms with Crippen molar-refractivity contribution in [2.45, 2.75) is 37.8 Å². The molecule has 1 aliphatic heterocycles. The fraction of sp³-hybridized carbons (Fsp3) is 0.368. The highest BCUT2D eigenvalue weighted by Crippen LogP contribution is 2.26. The third-order valence-electron chi connectivity index (χ3n) is 5.04. The number of hydrogen-bond acceptors (Lipinski definition) is 7. The van der Waals surface area contributed by atoms with Gasteiger partial charge in [-0.3, -0.25) is 9.80 Å². The molecule has 1 aromatic heterocycles. The van der Waals surface area contributed by atoms with Crippen LogP contribution in [0.1, 0.15) is 36.2 Å². The van der Waals surface area contributed by atoms with E-state index in [2.05, 4.69) is 21.4 Å². The van der Waals surface area contributed by atoms with Crippen molar-refractivity contribution >= 4 is 5.91 Å². The summed E-state index contributed by atoms with van der Waals surface area (Å²) in [7, 11) is 0. The quantitative estimate of drug-likeness (QED) is 0.634. The van der Waals surface area contributed by atoms with Crippen LogP contribution in [0.2, 0.25) is 0 Å². The molecule has 0 radical (unpaired) electrons. The van der Waals surface area contributed by atoms with Gasteiger partial charge in [-0.2, -0.15) is 0 Å². The number of aromatic nitrogens is 1. The van der Waals surface area contributed by atoms with Crippen LogP contribution < -0.4 is 16.3 Å². The van der Waals surface area contributed by atoms with E-state index in [0.29, 0.717) is 5.76 Å². The van der Waals surface area contributed by atoms with Crippen molar-refractivity contribution in [3.8, 4) is 11.3 Å². The predicted molar refractivity (Wildman–Crippen MR) is 98.7 cm³/mol. The number of aliphatic hydroxyl groups excluding tert-OH is 1. The van der Waals surface area contributed by atoms with Crippen LogP contribution in [0.15, 0.2) is 52.8 Å². The molecule has 8 nitrogen and oxygen atoms in total. The average molecular weight is 369 g/mol. The van der Waals surface area contributed by atoms with Gasteiger partial charge in [0.25, 0.3) is 5.91 Å². The molecule has 0 saturated heterocycles. The zero-order valence-electron chi connectivity index (χ0n) is 14.9. The second kappa shape index (κ2) is 7.81. The first-order chi connectivity index (χ1) is 13.2. The first kappa shape index (κ1) is 17.6. The SMILES string of the molecule is O=C(NC1CCCC(N2NNC=C2CO)C1)c1cc(-c2ccccc2)on1. The Morgan fingerprint density at radius 2 is 2.19 bits per heavy atom. The van der Waals surface area contributed by atoms with E-state index in [9.17, 15) is 9.90 Å². The van der Waals surface area contributed by atoms with Crippen molar-refractivity contribution in [1.29, 1.82) is 0 Å². The number of hydrogen-bond donors (Lipinski definition) is 4. The molecule has 1 fully saturated rings. The van der Waals surface area contributed by atoms with Gasteiger partial charge in [0, 0.05) is 29.9 Å². The summed E-state index contributed by atoms with van der Waals surface area (Å²) in [4.78, 5) is 12.6. The van der Waals surface area contributed by atoms with Crippen LogP contribution in [0.25, 0.3) is 11.3 Å². The fourth-order valence-electron chi connectivity index (χ4n) is 3.68. The Balaban J connectivity index is 1.38. The molecule has 2 aliphatic rings. The Hall–Kier alpha value is -2.84. The molecule has 2 heterocycles. The van der Waals surface area contributed by atoms with E-state index in [4.69, 9.17) is 4.52 Å². The lowest BCUT2D eigenvalue weighted by molar-refractivity contribution is 0.0853. The largest absolute Gasteiger partial charge is 0.390 e. The minimum atomic E-state index is -0.225. The van der Waals surface area contributed by atoms with Crippen LogP contribution >= 0.6 is 0 Å². The maximum Gasteiger partial charge on any atom is 0.273 e. The monoisotopic (exact) mass is 369 g/mol. The minimum absolute atomic E-state index is 0.0330. The zero-order chi connectivity index (χ0) is 18.6. The lowest BCUT2D eigenvalue weighted by Gasteiger charge is -2.36. The van der Waals surface area contributed by atoms with Crippen molar-refractivity contribution in [2.75, 3.05) is 6.61 Å². The van der Waals surface area contributed by atoms with Gasteiger partial charge in [0.05, 0.1) is 12.3 Å². The Bertz CT molecular complexity index is 820. The summed E-state index contributed by atoms with van der Waals surface area (Å²) in [6, 6.07) is 11.5. The van der Waals surface area contributed by atoms with Gasteiger partial charge in [0.15, 0.2) is 11.5 Å². The van der Waals surface area contributed by atoms with E-state index < -0.39 is 0 Å². The molecule has 2 atom stereocenters. The van der Waals surface area contributed by atoms with Crippen molar-refractivity contribution < 1.29 is 14.4 Å². The number of carbonyl (C=O) groups excluding carboxylic acids is 1. The van der Waals surface area contributed by atoms with Crippen molar-refractivity contribution in [3.63, 3.8) is 0 Å². The number of hydrazine groups is 2. The van der Waals surface area contributed by atoms with Gasteiger partial charge in [-0.25, -0.2) is 0 Å². The molecule has 2 unspecified atom stereocenters. The number of benzene rings is 1. The van der Waals surface area contributed by atoms with E-state index in [1.54, 1.807) is 12.3 Å². The van der Waals surface area contributed by atoms with Crippen molar-refractivity contribution in [3.05, 3.63) is 54.0 Å². The summed E-state index contributed by atoms with van der Waals surface area (Å²) < 4.78 is 5.32. The number of nitrogens with one attached hydrogen (secondary N) is 3. The van der Waals surface area contributed by atoms with E-state index in [1.807, 2.05) is 35.3 Å². The smallest absolute Gasteiger partial charge is 0.273 e. The van der Waals surface area contributed by atoms with Gasteiger partial charge in [0.1, 0.15) is 0 Å². The van der Waals surface area contributed by atoms with Crippen LogP contribution in [0.4, 0.5) is 0 Å². The van der Waals surface area contributed by atoms with Crippen LogP contribution in [-0.2, 0) is 0 Å². The molecule has 1 saturated carbocycles. The average Bonchev–Trinajstić information content (AvgIpc) is 3.38. The number of nitrogens with zero attached hydrogens (tertiary/aromatic N) is 2. The molecule has 4 N–H and O–H groups in total. The van der Waals surface area contributed by atoms with Gasteiger partial charge in [-0.15, -0.1) is 5.53 Å². The Kier molecular flexibility index (Phi) is 5.08. The van der Waals surface area contributed by atoms with E-state index in [0.717, 1.165) is 36.9 Å². The second-order valence-corrected chi connectivity index (χ2v) is 6.85. The number of rotatable bonds is 5. The van der Waals surface area contributed by atoms with Crippen molar-refractivity contribution in [1.82, 2.24) is 26.4 Å². The highest BCUT2D eigenvalue weighted by atomic mass is 16.5. The topological polar surface area (TPSA) is 103 Å². The first-order valence-electron chi connectivity index (χ1n) is 9.18. The molecule has 1 aromatic carbocycles. The van der Waals surface area contributed by atoms with E-state index in [-0.39, 0.29) is 30.3 Å². The molecular formula is C19H23N5O3. The van der Waals surface area contributed by atoms with Gasteiger partial charge >= 0.3 is 0 Å². The summed E-state index contributed by atoms with van der Waals surface area (Å²) in [6.07, 6.45) is 5.47. The Morgan fingerprint density at radius 3 is 3.00 bits per heavy atom. The minimum Gasteiger partial charge on any atom is -0.390 e. The zero-order valence-corrected chi connectivity index (χ0v) is 14.9. The van der Waals surface area contributed by atoms with Crippen LogP contribution in [-0.4, -0.2) is 39.9 Å². The van der Waals surface area contributed by atoms with Gasteiger partial charge in [-0.05, 0) is 25.7 Å².